The van der Waals surface area contributed by atoms with Crippen LogP contribution in [-0.2, 0) is 0 Å². The zero-order valence-corrected chi connectivity index (χ0v) is 16.7. The highest BCUT2D eigenvalue weighted by atomic mass is 16.5. The molecule has 7 nitrogen and oxygen atoms in total. The zero-order chi connectivity index (χ0) is 20.5. The van der Waals surface area contributed by atoms with E-state index in [-0.39, 0.29) is 11.5 Å². The van der Waals surface area contributed by atoms with Crippen molar-refractivity contribution in [1.29, 1.82) is 0 Å². The van der Waals surface area contributed by atoms with Gasteiger partial charge in [-0.2, -0.15) is 0 Å². The van der Waals surface area contributed by atoms with Crippen molar-refractivity contribution >= 4 is 22.8 Å². The first-order valence-corrected chi connectivity index (χ1v) is 9.21. The lowest BCUT2D eigenvalue weighted by Crippen LogP contribution is -2.12. The predicted molar refractivity (Wildman–Crippen MR) is 114 cm³/mol. The van der Waals surface area contributed by atoms with Crippen LogP contribution in [0.15, 0.2) is 47.3 Å². The predicted octanol–water partition coefficient (Wildman–Crippen LogP) is 4.06. The van der Waals surface area contributed by atoms with E-state index in [2.05, 4.69) is 45.2 Å². The van der Waals surface area contributed by atoms with E-state index >= 15 is 0 Å². The van der Waals surface area contributed by atoms with Crippen LogP contribution in [0.3, 0.4) is 0 Å². The molecule has 0 saturated carbocycles. The maximum absolute atomic E-state index is 12.2. The molecule has 0 bridgehead atoms. The van der Waals surface area contributed by atoms with Crippen molar-refractivity contribution in [2.24, 2.45) is 0 Å². The quantitative estimate of drug-likeness (QED) is 0.549. The number of aromatic amines is 1. The molecule has 0 saturated heterocycles. The molecule has 0 aliphatic rings. The molecule has 4 aromatic rings. The van der Waals surface area contributed by atoms with Crippen molar-refractivity contribution in [3.05, 3.63) is 69.6 Å². The standard InChI is InChI=1S/C22H21N5O2/c1-12-9-17-14(3)23-21(25-19(17)10-13(12)2)27-22-24-18(11-20(28)26-22)15-5-7-16(29-4)8-6-15/h5-11H,1-4H3,(H2,23,24,25,26,27,28). The van der Waals surface area contributed by atoms with E-state index in [4.69, 9.17) is 4.74 Å². The van der Waals surface area contributed by atoms with Gasteiger partial charge in [0.15, 0.2) is 0 Å². The summed E-state index contributed by atoms with van der Waals surface area (Å²) >= 11 is 0. The number of anilines is 2. The van der Waals surface area contributed by atoms with Gasteiger partial charge in [0.1, 0.15) is 5.75 Å². The molecule has 0 atom stereocenters. The first-order chi connectivity index (χ1) is 13.9. The van der Waals surface area contributed by atoms with Crippen molar-refractivity contribution in [2.75, 3.05) is 12.4 Å². The highest BCUT2D eigenvalue weighted by Crippen LogP contribution is 2.23. The van der Waals surface area contributed by atoms with E-state index in [0.29, 0.717) is 11.6 Å². The molecule has 2 N–H and O–H groups in total. The largest absolute Gasteiger partial charge is 0.497 e. The fourth-order valence-corrected chi connectivity index (χ4v) is 3.13. The number of hydrogen-bond donors (Lipinski definition) is 2. The lowest BCUT2D eigenvalue weighted by atomic mass is 10.1. The summed E-state index contributed by atoms with van der Waals surface area (Å²) in [4.78, 5) is 28.5. The summed E-state index contributed by atoms with van der Waals surface area (Å²) in [5.74, 6) is 1.40. The minimum Gasteiger partial charge on any atom is -0.497 e. The van der Waals surface area contributed by atoms with E-state index < -0.39 is 0 Å². The Morgan fingerprint density at radius 3 is 2.38 bits per heavy atom. The zero-order valence-electron chi connectivity index (χ0n) is 16.7. The fraction of sp³-hybridized carbons (Fsp3) is 0.182. The van der Waals surface area contributed by atoms with Gasteiger partial charge in [-0.1, -0.05) is 0 Å². The van der Waals surface area contributed by atoms with E-state index in [9.17, 15) is 4.79 Å². The minimum absolute atomic E-state index is 0.266. The number of nitrogens with one attached hydrogen (secondary N) is 2. The van der Waals surface area contributed by atoms with Crippen molar-refractivity contribution < 1.29 is 4.74 Å². The highest BCUT2D eigenvalue weighted by molar-refractivity contribution is 5.83. The molecule has 0 fully saturated rings. The van der Waals surface area contributed by atoms with Crippen molar-refractivity contribution in [2.45, 2.75) is 20.8 Å². The molecular formula is C22H21N5O2. The van der Waals surface area contributed by atoms with E-state index in [0.717, 1.165) is 33.5 Å². The van der Waals surface area contributed by atoms with Crippen molar-refractivity contribution in [3.8, 4) is 17.0 Å². The van der Waals surface area contributed by atoms with Gasteiger partial charge in [-0.15, -0.1) is 0 Å². The van der Waals surface area contributed by atoms with Crippen LogP contribution in [0.4, 0.5) is 11.9 Å². The number of benzene rings is 2. The Labute approximate surface area is 167 Å². The summed E-state index contributed by atoms with van der Waals surface area (Å²) in [5, 5.41) is 4.04. The van der Waals surface area contributed by atoms with Gasteiger partial charge in [0.25, 0.3) is 5.56 Å². The average molecular weight is 387 g/mol. The van der Waals surface area contributed by atoms with E-state index in [1.54, 1.807) is 7.11 Å². The molecule has 146 valence electrons. The molecule has 29 heavy (non-hydrogen) atoms. The van der Waals surface area contributed by atoms with Crippen molar-refractivity contribution in [1.82, 2.24) is 19.9 Å². The van der Waals surface area contributed by atoms with Gasteiger partial charge in [-0.25, -0.2) is 15.0 Å². The lowest BCUT2D eigenvalue weighted by molar-refractivity contribution is 0.415. The Bertz CT molecular complexity index is 1260. The van der Waals surface area contributed by atoms with Crippen LogP contribution in [0.25, 0.3) is 22.2 Å². The number of aromatic nitrogens is 4. The summed E-state index contributed by atoms with van der Waals surface area (Å²) < 4.78 is 5.18. The summed E-state index contributed by atoms with van der Waals surface area (Å²) in [5.41, 5.74) is 5.14. The third-order valence-corrected chi connectivity index (χ3v) is 4.86. The number of hydrogen-bond acceptors (Lipinski definition) is 6. The smallest absolute Gasteiger partial charge is 0.252 e. The number of fused-ring (bicyclic) bond motifs is 1. The third-order valence-electron chi connectivity index (χ3n) is 4.86. The SMILES string of the molecule is COc1ccc(-c2cc(=O)[nH]c(Nc3nc(C)c4cc(C)c(C)cc4n3)n2)cc1. The van der Waals surface area contributed by atoms with Crippen LogP contribution in [0, 0.1) is 20.8 Å². The van der Waals surface area contributed by atoms with Gasteiger partial charge in [0, 0.05) is 17.0 Å². The van der Waals surface area contributed by atoms with Crippen molar-refractivity contribution in [3.63, 3.8) is 0 Å². The molecule has 4 rings (SSSR count). The van der Waals surface area contributed by atoms with Gasteiger partial charge < -0.3 is 4.74 Å². The molecule has 0 aliphatic carbocycles. The number of rotatable bonds is 4. The van der Waals surface area contributed by atoms with E-state index in [1.807, 2.05) is 37.3 Å². The van der Waals surface area contributed by atoms with E-state index in [1.165, 1.54) is 11.6 Å². The second kappa shape index (κ2) is 7.35. The maximum atomic E-state index is 12.2. The molecule has 2 aromatic heterocycles. The number of aryl methyl sites for hydroxylation is 3. The van der Waals surface area contributed by atoms with Gasteiger partial charge in [0.2, 0.25) is 11.9 Å². The monoisotopic (exact) mass is 387 g/mol. The molecule has 2 aromatic carbocycles. The summed E-state index contributed by atoms with van der Waals surface area (Å²) in [6, 6.07) is 12.9. The second-order valence-electron chi connectivity index (χ2n) is 6.92. The lowest BCUT2D eigenvalue weighted by Gasteiger charge is -2.10. The Morgan fingerprint density at radius 1 is 0.931 bits per heavy atom. The van der Waals surface area contributed by atoms with Crippen LogP contribution >= 0.6 is 0 Å². The fourth-order valence-electron chi connectivity index (χ4n) is 3.13. The van der Waals surface area contributed by atoms with Gasteiger partial charge >= 0.3 is 0 Å². The van der Waals surface area contributed by atoms with Crippen LogP contribution < -0.4 is 15.6 Å². The normalized spacial score (nSPS) is 10.9. The molecule has 0 spiro atoms. The molecular weight excluding hydrogens is 366 g/mol. The summed E-state index contributed by atoms with van der Waals surface area (Å²) in [6.45, 7) is 6.06. The molecule has 0 amide bonds. The van der Waals surface area contributed by atoms with Crippen LogP contribution in [-0.4, -0.2) is 27.0 Å². The number of H-pyrrole nitrogens is 1. The average Bonchev–Trinajstić information content (AvgIpc) is 2.69. The van der Waals surface area contributed by atoms with Gasteiger partial charge in [-0.3, -0.25) is 15.1 Å². The van der Waals surface area contributed by atoms with Crippen LogP contribution in [0.1, 0.15) is 16.8 Å². The Morgan fingerprint density at radius 2 is 1.66 bits per heavy atom. The Hall–Kier alpha value is -3.74. The van der Waals surface area contributed by atoms with Crippen LogP contribution in [0.5, 0.6) is 5.75 Å². The topological polar surface area (TPSA) is 92.8 Å². The Balaban J connectivity index is 1.71. The number of methoxy groups -OCH3 is 1. The summed E-state index contributed by atoms with van der Waals surface area (Å²) in [6.07, 6.45) is 0. The second-order valence-corrected chi connectivity index (χ2v) is 6.92. The molecule has 0 radical (unpaired) electrons. The van der Waals surface area contributed by atoms with Crippen LogP contribution in [0.2, 0.25) is 0 Å². The summed E-state index contributed by atoms with van der Waals surface area (Å²) in [7, 11) is 1.61. The highest BCUT2D eigenvalue weighted by Gasteiger charge is 2.10. The first kappa shape index (κ1) is 18.6. The molecule has 0 aliphatic heterocycles. The van der Waals surface area contributed by atoms with Gasteiger partial charge in [-0.05, 0) is 68.3 Å². The molecule has 0 unspecified atom stereocenters. The molecule has 2 heterocycles. The third kappa shape index (κ3) is 3.80. The molecule has 7 heteroatoms. The number of ether oxygens (including phenoxy) is 1. The maximum Gasteiger partial charge on any atom is 0.252 e. The van der Waals surface area contributed by atoms with Gasteiger partial charge in [0.05, 0.1) is 24.0 Å². The first-order valence-electron chi connectivity index (χ1n) is 9.21. The number of nitrogens with zero attached hydrogens (tertiary/aromatic N) is 3. The Kier molecular flexibility index (Phi) is 4.72. The minimum atomic E-state index is -0.266.